The van der Waals surface area contributed by atoms with E-state index in [1.807, 2.05) is 6.07 Å². The first kappa shape index (κ1) is 12.3. The summed E-state index contributed by atoms with van der Waals surface area (Å²) in [5.74, 6) is 0. The third kappa shape index (κ3) is 2.86. The van der Waals surface area contributed by atoms with Crippen molar-refractivity contribution in [1.29, 1.82) is 5.26 Å². The molecule has 0 fully saturated rings. The maximum absolute atomic E-state index is 10.6. The summed E-state index contributed by atoms with van der Waals surface area (Å²) >= 11 is 5.73. The second-order valence-corrected chi connectivity index (χ2v) is 3.37. The topological polar surface area (TPSA) is 96.3 Å². The van der Waals surface area contributed by atoms with Crippen molar-refractivity contribution in [1.82, 2.24) is 0 Å². The lowest BCUT2D eigenvalue weighted by Gasteiger charge is -2.14. The van der Waals surface area contributed by atoms with Gasteiger partial charge in [-0.3, -0.25) is 0 Å². The predicted octanol–water partition coefficient (Wildman–Crippen LogP) is 1.34. The van der Waals surface area contributed by atoms with Crippen LogP contribution in [0, 0.1) is 11.3 Å². The second kappa shape index (κ2) is 5.35. The molecule has 16 heavy (non-hydrogen) atoms. The molecule has 5 nitrogen and oxygen atoms in total. The number of hydrogen-bond acceptors (Lipinski definition) is 4. The third-order valence-corrected chi connectivity index (χ3v) is 2.24. The molecule has 0 unspecified atom stereocenters. The summed E-state index contributed by atoms with van der Waals surface area (Å²) in [5, 5.41) is 18.1. The first-order chi connectivity index (χ1) is 7.58. The van der Waals surface area contributed by atoms with Gasteiger partial charge < -0.3 is 15.6 Å². The Bertz CT molecular complexity index is 442. The van der Waals surface area contributed by atoms with Crippen molar-refractivity contribution < 1.29 is 14.6 Å². The summed E-state index contributed by atoms with van der Waals surface area (Å²) in [7, 11) is 0. The zero-order valence-corrected chi connectivity index (χ0v) is 8.94. The fourth-order valence-corrected chi connectivity index (χ4v) is 1.34. The number of nitrogens with zero attached hydrogens (tertiary/aromatic N) is 1. The van der Waals surface area contributed by atoms with E-state index in [0.717, 1.165) is 0 Å². The Morgan fingerprint density at radius 2 is 2.38 bits per heavy atom. The molecule has 0 aromatic heterocycles. The third-order valence-electron chi connectivity index (χ3n) is 1.91. The molecular weight excluding hydrogens is 232 g/mol. The van der Waals surface area contributed by atoms with E-state index >= 15 is 0 Å². The average molecular weight is 241 g/mol. The number of primary amides is 1. The highest BCUT2D eigenvalue weighted by atomic mass is 35.5. The standard InChI is InChI=1S/C10H9ClN2O3/c11-8-2-1-6(3-7(8)4-12)9(5-14)16-10(13)15/h1-3,9,14H,5H2,(H2,13,15)/t9-/m1/s1. The molecule has 1 aromatic rings. The highest BCUT2D eigenvalue weighted by molar-refractivity contribution is 6.31. The minimum Gasteiger partial charge on any atom is -0.439 e. The summed E-state index contributed by atoms with van der Waals surface area (Å²) in [6, 6.07) is 6.36. The Hall–Kier alpha value is -1.77. The number of halogens is 1. The van der Waals surface area contributed by atoms with Crippen LogP contribution in [0.15, 0.2) is 18.2 Å². The molecule has 1 amide bonds. The quantitative estimate of drug-likeness (QED) is 0.833. The van der Waals surface area contributed by atoms with E-state index < -0.39 is 18.8 Å². The molecule has 1 rings (SSSR count). The molecule has 0 spiro atoms. The van der Waals surface area contributed by atoms with Crippen molar-refractivity contribution in [3.8, 4) is 6.07 Å². The van der Waals surface area contributed by atoms with Crippen LogP contribution in [0.2, 0.25) is 5.02 Å². The summed E-state index contributed by atoms with van der Waals surface area (Å²) in [6.45, 7) is -0.421. The molecule has 0 aliphatic carbocycles. The molecule has 0 heterocycles. The lowest BCUT2D eigenvalue weighted by Crippen LogP contribution is -2.19. The van der Waals surface area contributed by atoms with Crippen molar-refractivity contribution in [2.24, 2.45) is 5.73 Å². The zero-order chi connectivity index (χ0) is 12.1. The van der Waals surface area contributed by atoms with Crippen molar-refractivity contribution in [2.75, 3.05) is 6.61 Å². The fraction of sp³-hybridized carbons (Fsp3) is 0.200. The largest absolute Gasteiger partial charge is 0.439 e. The van der Waals surface area contributed by atoms with Gasteiger partial charge in [0.05, 0.1) is 17.2 Å². The van der Waals surface area contributed by atoms with Gasteiger partial charge >= 0.3 is 6.09 Å². The molecule has 0 bridgehead atoms. The second-order valence-electron chi connectivity index (χ2n) is 2.96. The maximum atomic E-state index is 10.6. The van der Waals surface area contributed by atoms with E-state index in [4.69, 9.17) is 27.7 Å². The van der Waals surface area contributed by atoms with Crippen LogP contribution in [-0.4, -0.2) is 17.8 Å². The van der Waals surface area contributed by atoms with Gasteiger partial charge in [-0.25, -0.2) is 4.79 Å². The van der Waals surface area contributed by atoms with E-state index in [-0.39, 0.29) is 5.56 Å². The van der Waals surface area contributed by atoms with Gasteiger partial charge in [-0.1, -0.05) is 17.7 Å². The number of aliphatic hydroxyl groups is 1. The molecule has 84 valence electrons. The van der Waals surface area contributed by atoms with Crippen LogP contribution in [-0.2, 0) is 4.74 Å². The lowest BCUT2D eigenvalue weighted by atomic mass is 10.1. The van der Waals surface area contributed by atoms with Gasteiger partial charge in [0.2, 0.25) is 0 Å². The van der Waals surface area contributed by atoms with Gasteiger partial charge in [0.15, 0.2) is 6.10 Å². The predicted molar refractivity (Wildman–Crippen MR) is 56.7 cm³/mol. The molecule has 1 aromatic carbocycles. The van der Waals surface area contributed by atoms with E-state index in [0.29, 0.717) is 10.6 Å². The molecular formula is C10H9ClN2O3. The maximum Gasteiger partial charge on any atom is 0.405 e. The van der Waals surface area contributed by atoms with E-state index in [1.165, 1.54) is 12.1 Å². The molecule has 1 atom stereocenters. The number of rotatable bonds is 3. The van der Waals surface area contributed by atoms with Crippen molar-refractivity contribution >= 4 is 17.7 Å². The summed E-state index contributed by atoms with van der Waals surface area (Å²) in [5.41, 5.74) is 5.55. The highest BCUT2D eigenvalue weighted by Crippen LogP contribution is 2.22. The van der Waals surface area contributed by atoms with Crippen LogP contribution in [0.5, 0.6) is 0 Å². The SMILES string of the molecule is N#Cc1cc([C@@H](CO)OC(N)=O)ccc1Cl. The number of carbonyl (C=O) groups is 1. The minimum absolute atomic E-state index is 0.241. The number of hydrogen-bond donors (Lipinski definition) is 2. The molecule has 3 N–H and O–H groups in total. The van der Waals surface area contributed by atoms with E-state index in [9.17, 15) is 4.79 Å². The van der Waals surface area contributed by atoms with E-state index in [1.54, 1.807) is 6.07 Å². The fourth-order valence-electron chi connectivity index (χ4n) is 1.18. The lowest BCUT2D eigenvalue weighted by molar-refractivity contribution is 0.0633. The Labute approximate surface area is 97.0 Å². The first-order valence-electron chi connectivity index (χ1n) is 4.35. The summed E-state index contributed by atoms with van der Waals surface area (Å²) < 4.78 is 4.66. The molecule has 0 aliphatic rings. The number of ether oxygens (including phenoxy) is 1. The van der Waals surface area contributed by atoms with Crippen LogP contribution >= 0.6 is 11.6 Å². The Balaban J connectivity index is 3.02. The highest BCUT2D eigenvalue weighted by Gasteiger charge is 2.15. The van der Waals surface area contributed by atoms with Gasteiger partial charge in [0.25, 0.3) is 0 Å². The summed E-state index contributed by atoms with van der Waals surface area (Å²) in [4.78, 5) is 10.6. The number of nitrogens with two attached hydrogens (primary N) is 1. The van der Waals surface area contributed by atoms with Crippen molar-refractivity contribution in [3.63, 3.8) is 0 Å². The van der Waals surface area contributed by atoms with Crippen LogP contribution in [0.4, 0.5) is 4.79 Å². The number of amides is 1. The Kier molecular flexibility index (Phi) is 4.11. The van der Waals surface area contributed by atoms with Crippen molar-refractivity contribution in [2.45, 2.75) is 6.10 Å². The minimum atomic E-state index is -0.993. The number of aliphatic hydroxyl groups excluding tert-OH is 1. The molecule has 0 saturated carbocycles. The normalized spacial score (nSPS) is 11.6. The smallest absolute Gasteiger partial charge is 0.405 e. The number of carbonyl (C=O) groups excluding carboxylic acids is 1. The van der Waals surface area contributed by atoms with Crippen LogP contribution in [0.25, 0.3) is 0 Å². The summed E-state index contributed by atoms with van der Waals surface area (Å²) in [6.07, 6.45) is -1.88. The number of benzene rings is 1. The van der Waals surface area contributed by atoms with E-state index in [2.05, 4.69) is 4.74 Å². The molecule has 0 radical (unpaired) electrons. The monoisotopic (exact) mass is 240 g/mol. The van der Waals surface area contributed by atoms with Crippen molar-refractivity contribution in [3.05, 3.63) is 34.3 Å². The van der Waals surface area contributed by atoms with Crippen LogP contribution < -0.4 is 5.73 Å². The zero-order valence-electron chi connectivity index (χ0n) is 8.18. The molecule has 0 aliphatic heterocycles. The van der Waals surface area contributed by atoms with Gasteiger partial charge in [0.1, 0.15) is 6.07 Å². The van der Waals surface area contributed by atoms with Gasteiger partial charge in [0, 0.05) is 0 Å². The Morgan fingerprint density at radius 3 is 2.88 bits per heavy atom. The van der Waals surface area contributed by atoms with Gasteiger partial charge in [-0.2, -0.15) is 5.26 Å². The molecule has 0 saturated heterocycles. The van der Waals surface area contributed by atoms with Gasteiger partial charge in [-0.05, 0) is 17.7 Å². The molecule has 6 heteroatoms. The van der Waals surface area contributed by atoms with Crippen LogP contribution in [0.3, 0.4) is 0 Å². The first-order valence-corrected chi connectivity index (χ1v) is 4.72. The average Bonchev–Trinajstić information content (AvgIpc) is 2.26. The van der Waals surface area contributed by atoms with Gasteiger partial charge in [-0.15, -0.1) is 0 Å². The number of nitriles is 1. The van der Waals surface area contributed by atoms with Crippen LogP contribution in [0.1, 0.15) is 17.2 Å². The Morgan fingerprint density at radius 1 is 1.69 bits per heavy atom.